The molecule has 0 aliphatic carbocycles. The van der Waals surface area contributed by atoms with Crippen LogP contribution in [0.25, 0.3) is 17.3 Å². The number of benzene rings is 2. The van der Waals surface area contributed by atoms with Crippen LogP contribution in [0.15, 0.2) is 87.9 Å². The van der Waals surface area contributed by atoms with Gasteiger partial charge in [-0.1, -0.05) is 59.8 Å². The van der Waals surface area contributed by atoms with Gasteiger partial charge < -0.3 is 9.32 Å². The van der Waals surface area contributed by atoms with E-state index in [9.17, 15) is 4.79 Å². The Morgan fingerprint density at radius 3 is 2.56 bits per heavy atom. The summed E-state index contributed by atoms with van der Waals surface area (Å²) in [6, 6.07) is 22.6. The number of rotatable bonds is 8. The first-order chi connectivity index (χ1) is 19.1. The lowest BCUT2D eigenvalue weighted by molar-refractivity contribution is 0.0685. The Hall–Kier alpha value is -3.69. The van der Waals surface area contributed by atoms with Crippen molar-refractivity contribution in [2.45, 2.75) is 37.1 Å². The van der Waals surface area contributed by atoms with Gasteiger partial charge in [0.2, 0.25) is 5.82 Å². The molecule has 198 valence electrons. The topological polar surface area (TPSA) is 77.1 Å². The largest absolute Gasteiger partial charge is 0.461 e. The van der Waals surface area contributed by atoms with Gasteiger partial charge in [0, 0.05) is 24.2 Å². The van der Waals surface area contributed by atoms with Crippen LogP contribution in [-0.4, -0.2) is 43.6 Å². The van der Waals surface area contributed by atoms with E-state index in [2.05, 4.69) is 76.7 Å². The first-order valence-electron chi connectivity index (χ1n) is 13.1. The monoisotopic (exact) mass is 555 g/mol. The summed E-state index contributed by atoms with van der Waals surface area (Å²) >= 11 is 3.07. The number of thioether (sulfide) groups is 1. The number of likely N-dealkylation sites (tertiary alicyclic amines) is 1. The fraction of sp³-hybridized carbons (Fsp3) is 0.267. The molecule has 0 bridgehead atoms. The van der Waals surface area contributed by atoms with Gasteiger partial charge in [-0.25, -0.2) is 4.98 Å². The van der Waals surface area contributed by atoms with Crippen molar-refractivity contribution in [1.29, 1.82) is 0 Å². The summed E-state index contributed by atoms with van der Waals surface area (Å²) in [5.74, 6) is 2.56. The van der Waals surface area contributed by atoms with Crippen molar-refractivity contribution >= 4 is 29.0 Å². The van der Waals surface area contributed by atoms with Crippen LogP contribution in [0, 0.1) is 12.8 Å². The van der Waals surface area contributed by atoms with Crippen LogP contribution in [-0.2, 0) is 12.2 Å². The molecule has 1 fully saturated rings. The molecule has 1 saturated heterocycles. The van der Waals surface area contributed by atoms with Crippen molar-refractivity contribution in [3.05, 3.63) is 100 Å². The zero-order valence-corrected chi connectivity index (χ0v) is 23.3. The zero-order chi connectivity index (χ0) is 26.6. The summed E-state index contributed by atoms with van der Waals surface area (Å²) < 4.78 is 7.62. The molecule has 39 heavy (non-hydrogen) atoms. The Kier molecular flexibility index (Phi) is 7.60. The number of hydrogen-bond acceptors (Lipinski definition) is 7. The summed E-state index contributed by atoms with van der Waals surface area (Å²) in [5.41, 5.74) is 4.05. The molecule has 6 rings (SSSR count). The molecule has 1 amide bonds. The Morgan fingerprint density at radius 2 is 1.82 bits per heavy atom. The normalized spacial score (nSPS) is 14.1. The number of piperidine rings is 1. The number of carbonyl (C=O) groups excluding carboxylic acids is 1. The predicted octanol–water partition coefficient (Wildman–Crippen LogP) is 6.68. The SMILES string of the molecule is Cc1ccc(-n2c(SCc3nc(C(=O)N4CCC(Cc5ccccc5)CC4)cs3)nnc2-c2ccco2)cc1. The zero-order valence-electron chi connectivity index (χ0n) is 21.7. The molecule has 2 aromatic carbocycles. The van der Waals surface area contributed by atoms with E-state index >= 15 is 0 Å². The minimum atomic E-state index is 0.0311. The highest BCUT2D eigenvalue weighted by atomic mass is 32.2. The molecule has 9 heteroatoms. The summed E-state index contributed by atoms with van der Waals surface area (Å²) in [6.45, 7) is 3.63. The fourth-order valence-electron chi connectivity index (χ4n) is 4.91. The number of amides is 1. The minimum Gasteiger partial charge on any atom is -0.461 e. The average Bonchev–Trinajstić information content (AvgIpc) is 3.74. The second-order valence-electron chi connectivity index (χ2n) is 9.79. The van der Waals surface area contributed by atoms with E-state index in [1.165, 1.54) is 22.5 Å². The molecule has 0 spiro atoms. The smallest absolute Gasteiger partial charge is 0.273 e. The van der Waals surface area contributed by atoms with E-state index in [-0.39, 0.29) is 5.91 Å². The molecule has 0 N–H and O–H groups in total. The van der Waals surface area contributed by atoms with Gasteiger partial charge in [-0.2, -0.15) is 0 Å². The molecule has 0 radical (unpaired) electrons. The van der Waals surface area contributed by atoms with Crippen LogP contribution in [0.4, 0.5) is 0 Å². The number of aromatic nitrogens is 4. The third kappa shape index (κ3) is 5.84. The number of hydrogen-bond donors (Lipinski definition) is 0. The molecule has 7 nitrogen and oxygen atoms in total. The highest BCUT2D eigenvalue weighted by Gasteiger charge is 2.25. The molecule has 0 atom stereocenters. The molecular formula is C30H29N5O2S2. The highest BCUT2D eigenvalue weighted by Crippen LogP contribution is 2.31. The van der Waals surface area contributed by atoms with Crippen LogP contribution in [0.2, 0.25) is 0 Å². The van der Waals surface area contributed by atoms with Gasteiger partial charge in [-0.15, -0.1) is 21.5 Å². The quantitative estimate of drug-likeness (QED) is 0.199. The third-order valence-electron chi connectivity index (χ3n) is 7.03. The van der Waals surface area contributed by atoms with Gasteiger partial charge in [0.15, 0.2) is 10.9 Å². The van der Waals surface area contributed by atoms with Crippen molar-refractivity contribution in [3.8, 4) is 17.3 Å². The first kappa shape index (κ1) is 25.6. The molecule has 1 aliphatic heterocycles. The molecule has 0 saturated carbocycles. The second-order valence-corrected chi connectivity index (χ2v) is 11.7. The maximum atomic E-state index is 13.2. The Morgan fingerprint density at radius 1 is 1.03 bits per heavy atom. The molecule has 4 heterocycles. The van der Waals surface area contributed by atoms with Crippen LogP contribution < -0.4 is 0 Å². The van der Waals surface area contributed by atoms with E-state index in [1.807, 2.05) is 27.0 Å². The fourth-order valence-corrected chi connectivity index (χ4v) is 6.64. The van der Waals surface area contributed by atoms with E-state index in [4.69, 9.17) is 4.42 Å². The van der Waals surface area contributed by atoms with E-state index in [0.29, 0.717) is 28.9 Å². The maximum absolute atomic E-state index is 13.2. The number of aryl methyl sites for hydroxylation is 1. The maximum Gasteiger partial charge on any atom is 0.273 e. The van der Waals surface area contributed by atoms with Crippen LogP contribution in [0.5, 0.6) is 0 Å². The Labute approximate surface area is 235 Å². The van der Waals surface area contributed by atoms with Gasteiger partial charge >= 0.3 is 0 Å². The standard InChI is InChI=1S/C30H29N5O2S2/c1-21-9-11-24(12-10-21)35-28(26-8-5-17-37-26)32-33-30(35)39-20-27-31-25(19-38-27)29(36)34-15-13-23(14-16-34)18-22-6-3-2-4-7-22/h2-12,17,19,23H,13-16,18,20H2,1H3. The van der Waals surface area contributed by atoms with Gasteiger partial charge in [-0.05, 0) is 61.9 Å². The number of thiazole rings is 1. The van der Waals surface area contributed by atoms with Crippen molar-refractivity contribution in [1.82, 2.24) is 24.6 Å². The third-order valence-corrected chi connectivity index (χ3v) is 9.00. The average molecular weight is 556 g/mol. The van der Waals surface area contributed by atoms with Gasteiger partial charge in [0.25, 0.3) is 5.91 Å². The molecule has 5 aromatic rings. The summed E-state index contributed by atoms with van der Waals surface area (Å²) in [4.78, 5) is 19.8. The molecular weight excluding hydrogens is 526 g/mol. The van der Waals surface area contributed by atoms with E-state index < -0.39 is 0 Å². The number of carbonyl (C=O) groups is 1. The first-order valence-corrected chi connectivity index (χ1v) is 15.0. The Balaban J connectivity index is 1.10. The van der Waals surface area contributed by atoms with E-state index in [1.54, 1.807) is 18.0 Å². The highest BCUT2D eigenvalue weighted by molar-refractivity contribution is 7.98. The second kappa shape index (κ2) is 11.6. The lowest BCUT2D eigenvalue weighted by atomic mass is 9.90. The summed E-state index contributed by atoms with van der Waals surface area (Å²) in [6.07, 6.45) is 4.77. The predicted molar refractivity (Wildman–Crippen MR) is 154 cm³/mol. The van der Waals surface area contributed by atoms with Crippen LogP contribution in [0.1, 0.15) is 39.5 Å². The summed E-state index contributed by atoms with van der Waals surface area (Å²) in [7, 11) is 0. The summed E-state index contributed by atoms with van der Waals surface area (Å²) in [5, 5.41) is 12.4. The van der Waals surface area contributed by atoms with Gasteiger partial charge in [-0.3, -0.25) is 9.36 Å². The van der Waals surface area contributed by atoms with Gasteiger partial charge in [0.1, 0.15) is 10.7 Å². The molecule has 0 unspecified atom stereocenters. The van der Waals surface area contributed by atoms with Gasteiger partial charge in [0.05, 0.1) is 12.0 Å². The van der Waals surface area contributed by atoms with Crippen molar-refractivity contribution < 1.29 is 9.21 Å². The molecule has 1 aliphatic rings. The Bertz CT molecular complexity index is 1520. The lowest BCUT2D eigenvalue weighted by Gasteiger charge is -2.31. The lowest BCUT2D eigenvalue weighted by Crippen LogP contribution is -2.39. The van der Waals surface area contributed by atoms with Crippen molar-refractivity contribution in [2.24, 2.45) is 5.92 Å². The minimum absolute atomic E-state index is 0.0311. The van der Waals surface area contributed by atoms with E-state index in [0.717, 1.165) is 48.2 Å². The number of furan rings is 1. The van der Waals surface area contributed by atoms with Crippen molar-refractivity contribution in [2.75, 3.05) is 13.1 Å². The van der Waals surface area contributed by atoms with Crippen LogP contribution >= 0.6 is 23.1 Å². The van der Waals surface area contributed by atoms with Crippen molar-refractivity contribution in [3.63, 3.8) is 0 Å². The number of nitrogens with zero attached hydrogens (tertiary/aromatic N) is 5. The molecule has 3 aromatic heterocycles. The van der Waals surface area contributed by atoms with Crippen LogP contribution in [0.3, 0.4) is 0 Å².